The van der Waals surface area contributed by atoms with Crippen molar-refractivity contribution >= 4 is 17.0 Å². The first-order valence-electron chi connectivity index (χ1n) is 7.90. The maximum atomic E-state index is 5.41. The number of hydrogen-bond donors (Lipinski definition) is 0. The third-order valence-electron chi connectivity index (χ3n) is 4.03. The van der Waals surface area contributed by atoms with Crippen LogP contribution in [0, 0.1) is 6.92 Å². The number of aryl methyl sites for hydroxylation is 1. The van der Waals surface area contributed by atoms with Crippen LogP contribution in [0.3, 0.4) is 0 Å². The molecule has 1 fully saturated rings. The SMILES string of the molecule is COc1ccc(N=c2scc(C)n2CCN2CCOCC2)cc1. The van der Waals surface area contributed by atoms with Gasteiger partial charge < -0.3 is 14.0 Å². The predicted octanol–water partition coefficient (Wildman–Crippen LogP) is 2.43. The largest absolute Gasteiger partial charge is 0.497 e. The molecule has 1 saturated heterocycles. The first-order valence-corrected chi connectivity index (χ1v) is 8.78. The number of benzene rings is 1. The number of methoxy groups -OCH3 is 1. The minimum Gasteiger partial charge on any atom is -0.497 e. The minimum absolute atomic E-state index is 0.844. The molecule has 0 saturated carbocycles. The Hall–Kier alpha value is -1.63. The van der Waals surface area contributed by atoms with Crippen LogP contribution in [0.2, 0.25) is 0 Å². The molecule has 0 bridgehead atoms. The summed E-state index contributed by atoms with van der Waals surface area (Å²) in [7, 11) is 1.67. The average molecular weight is 333 g/mol. The van der Waals surface area contributed by atoms with Crippen molar-refractivity contribution in [2.24, 2.45) is 4.99 Å². The van der Waals surface area contributed by atoms with E-state index in [0.29, 0.717) is 0 Å². The lowest BCUT2D eigenvalue weighted by Crippen LogP contribution is -2.39. The molecule has 23 heavy (non-hydrogen) atoms. The van der Waals surface area contributed by atoms with Gasteiger partial charge in [-0.1, -0.05) is 0 Å². The smallest absolute Gasteiger partial charge is 0.190 e. The highest BCUT2D eigenvalue weighted by atomic mass is 32.1. The van der Waals surface area contributed by atoms with E-state index in [2.05, 4.69) is 21.8 Å². The molecule has 2 aromatic rings. The second kappa shape index (κ2) is 7.77. The van der Waals surface area contributed by atoms with E-state index in [-0.39, 0.29) is 0 Å². The summed E-state index contributed by atoms with van der Waals surface area (Å²) in [6.07, 6.45) is 0. The third kappa shape index (κ3) is 4.22. The second-order valence-corrected chi connectivity index (χ2v) is 6.41. The van der Waals surface area contributed by atoms with Crippen LogP contribution >= 0.6 is 11.3 Å². The maximum Gasteiger partial charge on any atom is 0.190 e. The number of nitrogens with zero attached hydrogens (tertiary/aromatic N) is 3. The Morgan fingerprint density at radius 1 is 1.17 bits per heavy atom. The molecule has 2 heterocycles. The van der Waals surface area contributed by atoms with Crippen LogP contribution in [-0.4, -0.2) is 49.4 Å². The summed E-state index contributed by atoms with van der Waals surface area (Å²) in [5.74, 6) is 0.853. The molecular weight excluding hydrogens is 310 g/mol. The van der Waals surface area contributed by atoms with Gasteiger partial charge in [0, 0.05) is 37.3 Å². The van der Waals surface area contributed by atoms with Crippen molar-refractivity contribution in [3.8, 4) is 5.75 Å². The van der Waals surface area contributed by atoms with Crippen LogP contribution in [0.1, 0.15) is 5.69 Å². The second-order valence-electron chi connectivity index (χ2n) is 5.58. The van der Waals surface area contributed by atoms with Crippen molar-refractivity contribution in [2.75, 3.05) is 40.0 Å². The van der Waals surface area contributed by atoms with Gasteiger partial charge in [-0.05, 0) is 31.2 Å². The lowest BCUT2D eigenvalue weighted by molar-refractivity contribution is 0.0362. The van der Waals surface area contributed by atoms with Crippen molar-refractivity contribution in [3.63, 3.8) is 0 Å². The molecule has 5 nitrogen and oxygen atoms in total. The highest BCUT2D eigenvalue weighted by molar-refractivity contribution is 7.07. The summed E-state index contributed by atoms with van der Waals surface area (Å²) >= 11 is 1.69. The number of morpholine rings is 1. The topological polar surface area (TPSA) is 39.0 Å². The number of aromatic nitrogens is 1. The minimum atomic E-state index is 0.844. The fourth-order valence-electron chi connectivity index (χ4n) is 2.61. The molecule has 1 aromatic carbocycles. The Morgan fingerprint density at radius 2 is 1.91 bits per heavy atom. The highest BCUT2D eigenvalue weighted by Gasteiger charge is 2.11. The van der Waals surface area contributed by atoms with E-state index in [1.807, 2.05) is 24.3 Å². The molecule has 0 atom stereocenters. The number of rotatable bonds is 5. The van der Waals surface area contributed by atoms with Gasteiger partial charge in [0.15, 0.2) is 4.80 Å². The van der Waals surface area contributed by atoms with Gasteiger partial charge >= 0.3 is 0 Å². The molecule has 1 aromatic heterocycles. The molecule has 0 amide bonds. The van der Waals surface area contributed by atoms with Crippen molar-refractivity contribution in [3.05, 3.63) is 40.1 Å². The summed E-state index contributed by atoms with van der Waals surface area (Å²) in [5, 5.41) is 2.17. The normalized spacial score (nSPS) is 16.7. The van der Waals surface area contributed by atoms with E-state index >= 15 is 0 Å². The zero-order valence-electron chi connectivity index (χ0n) is 13.7. The molecule has 3 rings (SSSR count). The summed E-state index contributed by atoms with van der Waals surface area (Å²) in [6, 6.07) is 7.86. The third-order valence-corrected chi connectivity index (χ3v) is 5.01. The average Bonchev–Trinajstić information content (AvgIpc) is 2.94. The molecule has 0 radical (unpaired) electrons. The van der Waals surface area contributed by atoms with Gasteiger partial charge in [-0.3, -0.25) is 4.90 Å². The molecule has 0 aliphatic carbocycles. The summed E-state index contributed by atoms with van der Waals surface area (Å²) < 4.78 is 12.9. The molecule has 1 aliphatic heterocycles. The number of thiazole rings is 1. The van der Waals surface area contributed by atoms with Crippen LogP contribution in [0.25, 0.3) is 0 Å². The molecule has 1 aliphatic rings. The lowest BCUT2D eigenvalue weighted by Gasteiger charge is -2.26. The Morgan fingerprint density at radius 3 is 2.61 bits per heavy atom. The van der Waals surface area contributed by atoms with E-state index in [1.165, 1.54) is 5.69 Å². The lowest BCUT2D eigenvalue weighted by atomic mass is 10.3. The van der Waals surface area contributed by atoms with Crippen LogP contribution in [0.15, 0.2) is 34.6 Å². The molecular formula is C17H23N3O2S. The van der Waals surface area contributed by atoms with Crippen LogP contribution in [0.4, 0.5) is 5.69 Å². The van der Waals surface area contributed by atoms with Crippen molar-refractivity contribution < 1.29 is 9.47 Å². The Kier molecular flexibility index (Phi) is 5.48. The van der Waals surface area contributed by atoms with E-state index in [0.717, 1.165) is 55.6 Å². The van der Waals surface area contributed by atoms with Gasteiger partial charge in [-0.2, -0.15) is 0 Å². The van der Waals surface area contributed by atoms with Gasteiger partial charge in [-0.25, -0.2) is 4.99 Å². The fraction of sp³-hybridized carbons (Fsp3) is 0.471. The van der Waals surface area contributed by atoms with Gasteiger partial charge in [0.25, 0.3) is 0 Å². The quantitative estimate of drug-likeness (QED) is 0.844. The Labute approximate surface area is 140 Å². The van der Waals surface area contributed by atoms with Crippen LogP contribution in [-0.2, 0) is 11.3 Å². The van der Waals surface area contributed by atoms with Gasteiger partial charge in [0.05, 0.1) is 26.0 Å². The molecule has 0 N–H and O–H groups in total. The van der Waals surface area contributed by atoms with Crippen molar-refractivity contribution in [2.45, 2.75) is 13.5 Å². The highest BCUT2D eigenvalue weighted by Crippen LogP contribution is 2.17. The monoisotopic (exact) mass is 333 g/mol. The van der Waals surface area contributed by atoms with Crippen LogP contribution in [0.5, 0.6) is 5.75 Å². The Balaban J connectivity index is 1.75. The zero-order valence-corrected chi connectivity index (χ0v) is 14.5. The first kappa shape index (κ1) is 16.2. The predicted molar refractivity (Wildman–Crippen MR) is 92.5 cm³/mol. The number of hydrogen-bond acceptors (Lipinski definition) is 5. The molecule has 6 heteroatoms. The van der Waals surface area contributed by atoms with Gasteiger partial charge in [0.1, 0.15) is 5.75 Å². The maximum absolute atomic E-state index is 5.41. The van der Waals surface area contributed by atoms with E-state index < -0.39 is 0 Å². The molecule has 0 spiro atoms. The van der Waals surface area contributed by atoms with Crippen molar-refractivity contribution in [1.82, 2.24) is 9.47 Å². The van der Waals surface area contributed by atoms with E-state index in [1.54, 1.807) is 18.4 Å². The molecule has 124 valence electrons. The Bertz CT molecular complexity index is 685. The van der Waals surface area contributed by atoms with Crippen molar-refractivity contribution in [1.29, 1.82) is 0 Å². The van der Waals surface area contributed by atoms with Crippen LogP contribution < -0.4 is 9.54 Å². The fourth-order valence-corrected chi connectivity index (χ4v) is 3.53. The summed E-state index contributed by atoms with van der Waals surface area (Å²) in [6.45, 7) is 7.88. The number of ether oxygens (including phenoxy) is 2. The summed E-state index contributed by atoms with van der Waals surface area (Å²) in [5.41, 5.74) is 2.21. The van der Waals surface area contributed by atoms with E-state index in [9.17, 15) is 0 Å². The van der Waals surface area contributed by atoms with Gasteiger partial charge in [0.2, 0.25) is 0 Å². The molecule has 0 unspecified atom stereocenters. The standard InChI is InChI=1S/C17H23N3O2S/c1-14-13-23-17(18-15-3-5-16(21-2)6-4-15)20(14)8-7-19-9-11-22-12-10-19/h3-6,13H,7-12H2,1-2H3. The first-order chi connectivity index (χ1) is 11.3. The zero-order chi connectivity index (χ0) is 16.1. The summed E-state index contributed by atoms with van der Waals surface area (Å²) in [4.78, 5) is 8.28. The van der Waals surface area contributed by atoms with Gasteiger partial charge in [-0.15, -0.1) is 11.3 Å². The van der Waals surface area contributed by atoms with E-state index in [4.69, 9.17) is 14.5 Å².